The molecular weight excluding hydrogens is 354 g/mol. The molecule has 1 heterocycles. The lowest BCUT2D eigenvalue weighted by molar-refractivity contribution is 0.422. The number of benzene rings is 3. The van der Waals surface area contributed by atoms with Crippen molar-refractivity contribution in [2.24, 2.45) is 5.92 Å². The van der Waals surface area contributed by atoms with Crippen molar-refractivity contribution in [3.8, 4) is 11.5 Å². The van der Waals surface area contributed by atoms with E-state index in [4.69, 9.17) is 16.3 Å². The standard InChI is InChI=1S/C24H20ClNO/c25-17-11-9-16(10-12-17)24-21-8-4-7-20(21)22-15-19(13-14-23(22)26-24)27-18-5-2-1-3-6-18/h1-7,9-15,20-21,24,26H,8H2/t20-,21+,24+/m1/s1. The topological polar surface area (TPSA) is 21.3 Å². The van der Waals surface area contributed by atoms with Crippen molar-refractivity contribution >= 4 is 17.3 Å². The number of anilines is 1. The Balaban J connectivity index is 1.48. The Labute approximate surface area is 164 Å². The van der Waals surface area contributed by atoms with Crippen LogP contribution in [0.4, 0.5) is 5.69 Å². The maximum atomic E-state index is 6.08. The number of ether oxygens (including phenoxy) is 1. The maximum absolute atomic E-state index is 6.08. The predicted octanol–water partition coefficient (Wildman–Crippen LogP) is 6.96. The predicted molar refractivity (Wildman–Crippen MR) is 111 cm³/mol. The summed E-state index contributed by atoms with van der Waals surface area (Å²) in [4.78, 5) is 0. The highest BCUT2D eigenvalue weighted by Crippen LogP contribution is 2.50. The van der Waals surface area contributed by atoms with Crippen molar-refractivity contribution in [2.45, 2.75) is 18.4 Å². The summed E-state index contributed by atoms with van der Waals surface area (Å²) < 4.78 is 6.05. The van der Waals surface area contributed by atoms with Crippen LogP contribution in [-0.2, 0) is 0 Å². The third-order valence-corrected chi connectivity index (χ3v) is 5.79. The zero-order chi connectivity index (χ0) is 18.2. The molecule has 0 unspecified atom stereocenters. The molecule has 0 saturated heterocycles. The number of halogens is 1. The minimum Gasteiger partial charge on any atom is -0.457 e. The molecule has 1 aliphatic heterocycles. The number of rotatable bonds is 3. The van der Waals surface area contributed by atoms with Crippen molar-refractivity contribution in [3.05, 3.63) is 101 Å². The highest BCUT2D eigenvalue weighted by atomic mass is 35.5. The smallest absolute Gasteiger partial charge is 0.127 e. The van der Waals surface area contributed by atoms with Crippen molar-refractivity contribution in [1.82, 2.24) is 0 Å². The van der Waals surface area contributed by atoms with Gasteiger partial charge in [0.2, 0.25) is 0 Å². The van der Waals surface area contributed by atoms with Gasteiger partial charge in [-0.3, -0.25) is 0 Å². The van der Waals surface area contributed by atoms with E-state index < -0.39 is 0 Å². The van der Waals surface area contributed by atoms with E-state index in [2.05, 4.69) is 41.7 Å². The van der Waals surface area contributed by atoms with Gasteiger partial charge in [-0.15, -0.1) is 0 Å². The maximum Gasteiger partial charge on any atom is 0.127 e. The second-order valence-corrected chi connectivity index (χ2v) is 7.63. The first kappa shape index (κ1) is 16.5. The lowest BCUT2D eigenvalue weighted by Crippen LogP contribution is -2.29. The van der Waals surface area contributed by atoms with E-state index in [0.29, 0.717) is 11.8 Å². The Hall–Kier alpha value is -2.71. The normalized spacial score (nSPS) is 22.6. The molecule has 27 heavy (non-hydrogen) atoms. The van der Waals surface area contributed by atoms with E-state index in [0.717, 1.165) is 22.9 Å². The molecule has 0 bridgehead atoms. The minimum absolute atomic E-state index is 0.288. The lowest BCUT2D eigenvalue weighted by Gasteiger charge is -2.37. The fourth-order valence-electron chi connectivity index (χ4n) is 4.26. The molecular formula is C24H20ClNO. The van der Waals surface area contributed by atoms with Crippen molar-refractivity contribution in [2.75, 3.05) is 5.32 Å². The fraction of sp³-hybridized carbons (Fsp3) is 0.167. The van der Waals surface area contributed by atoms with Gasteiger partial charge in [0.25, 0.3) is 0 Å². The van der Waals surface area contributed by atoms with Crippen LogP contribution in [0.2, 0.25) is 5.02 Å². The number of fused-ring (bicyclic) bond motifs is 3. The molecule has 134 valence electrons. The second kappa shape index (κ2) is 6.79. The van der Waals surface area contributed by atoms with Gasteiger partial charge < -0.3 is 10.1 Å². The molecule has 0 saturated carbocycles. The Bertz CT molecular complexity index is 981. The first-order valence-corrected chi connectivity index (χ1v) is 9.71. The molecule has 2 nitrogen and oxygen atoms in total. The Morgan fingerprint density at radius 3 is 2.52 bits per heavy atom. The van der Waals surface area contributed by atoms with Gasteiger partial charge in [0.15, 0.2) is 0 Å². The van der Waals surface area contributed by atoms with E-state index in [1.54, 1.807) is 0 Å². The third-order valence-electron chi connectivity index (χ3n) is 5.54. The van der Waals surface area contributed by atoms with Gasteiger partial charge >= 0.3 is 0 Å². The molecule has 1 N–H and O–H groups in total. The number of nitrogens with one attached hydrogen (secondary N) is 1. The zero-order valence-electron chi connectivity index (χ0n) is 14.8. The zero-order valence-corrected chi connectivity index (χ0v) is 15.6. The summed E-state index contributed by atoms with van der Waals surface area (Å²) in [5.41, 5.74) is 3.78. The molecule has 1 aliphatic carbocycles. The van der Waals surface area contributed by atoms with Crippen molar-refractivity contribution in [1.29, 1.82) is 0 Å². The molecule has 2 aliphatic rings. The van der Waals surface area contributed by atoms with Crippen LogP contribution in [0.5, 0.6) is 11.5 Å². The molecule has 0 amide bonds. The molecule has 0 fully saturated rings. The second-order valence-electron chi connectivity index (χ2n) is 7.19. The number of hydrogen-bond donors (Lipinski definition) is 1. The molecule has 3 aromatic carbocycles. The van der Waals surface area contributed by atoms with Crippen LogP contribution in [0, 0.1) is 5.92 Å². The molecule has 0 spiro atoms. The quantitative estimate of drug-likeness (QED) is 0.501. The Kier molecular flexibility index (Phi) is 4.14. The van der Waals surface area contributed by atoms with Gasteiger partial charge in [0, 0.05) is 16.6 Å². The first-order chi connectivity index (χ1) is 13.3. The Morgan fingerprint density at radius 1 is 0.889 bits per heavy atom. The monoisotopic (exact) mass is 373 g/mol. The number of para-hydroxylation sites is 1. The van der Waals surface area contributed by atoms with Crippen LogP contribution in [0.25, 0.3) is 0 Å². The SMILES string of the molecule is Clc1ccc([C@@H]2Nc3ccc(Oc4ccccc4)cc3[C@@H]3C=CC[C@@H]32)cc1. The highest BCUT2D eigenvalue weighted by molar-refractivity contribution is 6.30. The van der Waals surface area contributed by atoms with Crippen LogP contribution >= 0.6 is 11.6 Å². The number of hydrogen-bond acceptors (Lipinski definition) is 2. The molecule has 0 radical (unpaired) electrons. The van der Waals surface area contributed by atoms with Gasteiger partial charge in [-0.1, -0.05) is 54.1 Å². The molecule has 5 rings (SSSR count). The summed E-state index contributed by atoms with van der Waals surface area (Å²) in [6.45, 7) is 0. The van der Waals surface area contributed by atoms with Gasteiger partial charge in [0.05, 0.1) is 6.04 Å². The molecule has 0 aromatic heterocycles. The highest BCUT2D eigenvalue weighted by Gasteiger charge is 2.38. The summed E-state index contributed by atoms with van der Waals surface area (Å²) in [5, 5.41) is 4.53. The summed E-state index contributed by atoms with van der Waals surface area (Å²) >= 11 is 6.08. The van der Waals surface area contributed by atoms with Crippen LogP contribution < -0.4 is 10.1 Å². The Morgan fingerprint density at radius 2 is 1.70 bits per heavy atom. The van der Waals surface area contributed by atoms with Gasteiger partial charge in [0.1, 0.15) is 11.5 Å². The lowest BCUT2D eigenvalue weighted by atomic mass is 9.77. The summed E-state index contributed by atoms with van der Waals surface area (Å²) in [6.07, 6.45) is 5.73. The van der Waals surface area contributed by atoms with Gasteiger partial charge in [-0.2, -0.15) is 0 Å². The van der Waals surface area contributed by atoms with E-state index >= 15 is 0 Å². The molecule has 3 aromatic rings. The number of allylic oxidation sites excluding steroid dienone is 2. The van der Waals surface area contributed by atoms with Crippen LogP contribution in [-0.4, -0.2) is 0 Å². The molecule has 3 heteroatoms. The van der Waals surface area contributed by atoms with Crippen molar-refractivity contribution in [3.63, 3.8) is 0 Å². The van der Waals surface area contributed by atoms with Crippen molar-refractivity contribution < 1.29 is 4.74 Å². The van der Waals surface area contributed by atoms with Crippen LogP contribution in [0.15, 0.2) is 84.9 Å². The van der Waals surface area contributed by atoms with Crippen LogP contribution in [0.1, 0.15) is 29.5 Å². The third kappa shape index (κ3) is 3.11. The first-order valence-electron chi connectivity index (χ1n) is 9.33. The average molecular weight is 374 g/mol. The largest absolute Gasteiger partial charge is 0.457 e. The summed E-state index contributed by atoms with van der Waals surface area (Å²) in [6, 6.07) is 24.8. The van der Waals surface area contributed by atoms with E-state index in [-0.39, 0.29) is 6.04 Å². The minimum atomic E-state index is 0.288. The van der Waals surface area contributed by atoms with E-state index in [9.17, 15) is 0 Å². The van der Waals surface area contributed by atoms with Gasteiger partial charge in [-0.25, -0.2) is 0 Å². The average Bonchev–Trinajstić information content (AvgIpc) is 3.19. The van der Waals surface area contributed by atoms with E-state index in [1.807, 2.05) is 48.5 Å². The molecule has 3 atom stereocenters. The summed E-state index contributed by atoms with van der Waals surface area (Å²) in [5.74, 6) is 2.65. The van der Waals surface area contributed by atoms with E-state index in [1.165, 1.54) is 16.8 Å². The van der Waals surface area contributed by atoms with Crippen LogP contribution in [0.3, 0.4) is 0 Å². The van der Waals surface area contributed by atoms with Gasteiger partial charge in [-0.05, 0) is 65.9 Å². The fourth-order valence-corrected chi connectivity index (χ4v) is 4.39. The summed E-state index contributed by atoms with van der Waals surface area (Å²) in [7, 11) is 0.